The number of benzene rings is 2. The number of amides is 1. The first-order valence-electron chi connectivity index (χ1n) is 7.56. The van der Waals surface area contributed by atoms with Crippen LogP contribution in [0.1, 0.15) is 53.0 Å². The highest BCUT2D eigenvalue weighted by Crippen LogP contribution is 2.43. The molecule has 2 N–H and O–H groups in total. The van der Waals surface area contributed by atoms with E-state index in [1.807, 2.05) is 6.07 Å². The maximum absolute atomic E-state index is 11.4. The summed E-state index contributed by atoms with van der Waals surface area (Å²) in [6, 6.07) is 12.6. The van der Waals surface area contributed by atoms with E-state index in [0.29, 0.717) is 11.1 Å². The van der Waals surface area contributed by atoms with Crippen LogP contribution in [0.4, 0.5) is 5.69 Å². The summed E-state index contributed by atoms with van der Waals surface area (Å²) in [6.07, 6.45) is -0.386. The minimum atomic E-state index is -0.578. The zero-order chi connectivity index (χ0) is 17.3. The van der Waals surface area contributed by atoms with Gasteiger partial charge in [0.25, 0.3) is 5.91 Å². The normalized spacial score (nSPS) is 15.2. The number of nitrogens with zero attached hydrogens (tertiary/aromatic N) is 2. The van der Waals surface area contributed by atoms with Gasteiger partial charge in [0.1, 0.15) is 5.75 Å². The molecule has 0 fully saturated rings. The molecule has 6 heteroatoms. The topological polar surface area (TPSA) is 98.3 Å². The number of hydrogen-bond donors (Lipinski definition) is 2. The van der Waals surface area contributed by atoms with E-state index in [9.17, 15) is 10.1 Å². The zero-order valence-electron chi connectivity index (χ0n) is 13.3. The fraction of sp³-hybridized carbons (Fsp3) is 0.222. The first kappa shape index (κ1) is 15.7. The standard InChI is InChI=1S/C18H16N4O2/c1-10(2)14-7-11(9-19)8-15-16(14)24-18(21-15)13-5-3-12(4-6-13)17(23)22-20/h3-8,10,18,20-21H,1-2H3. The Morgan fingerprint density at radius 3 is 2.62 bits per heavy atom. The lowest BCUT2D eigenvalue weighted by Crippen LogP contribution is -2.10. The molecule has 1 aliphatic heterocycles. The lowest BCUT2D eigenvalue weighted by molar-refractivity contribution is 0.0991. The van der Waals surface area contributed by atoms with Gasteiger partial charge in [-0.2, -0.15) is 5.26 Å². The van der Waals surface area contributed by atoms with Crippen LogP contribution in [0.2, 0.25) is 0 Å². The van der Waals surface area contributed by atoms with Gasteiger partial charge in [-0.1, -0.05) is 26.0 Å². The highest BCUT2D eigenvalue weighted by atomic mass is 16.5. The Morgan fingerprint density at radius 1 is 1.33 bits per heavy atom. The maximum atomic E-state index is 11.4. The van der Waals surface area contributed by atoms with Gasteiger partial charge >= 0.3 is 0 Å². The number of nitrogens with one attached hydrogen (secondary N) is 2. The largest absolute Gasteiger partial charge is 0.464 e. The minimum Gasteiger partial charge on any atom is -0.464 e. The molecule has 0 aliphatic carbocycles. The van der Waals surface area contributed by atoms with Crippen LogP contribution in [0.3, 0.4) is 0 Å². The van der Waals surface area contributed by atoms with Gasteiger partial charge < -0.3 is 10.1 Å². The van der Waals surface area contributed by atoms with Crippen molar-refractivity contribution in [1.82, 2.24) is 0 Å². The second-order valence-corrected chi connectivity index (χ2v) is 5.89. The molecule has 0 saturated heterocycles. The van der Waals surface area contributed by atoms with Gasteiger partial charge in [-0.3, -0.25) is 4.79 Å². The lowest BCUT2D eigenvalue weighted by Gasteiger charge is -2.13. The van der Waals surface area contributed by atoms with Gasteiger partial charge in [0.05, 0.1) is 17.3 Å². The first-order chi connectivity index (χ1) is 11.5. The Labute approximate surface area is 139 Å². The van der Waals surface area contributed by atoms with E-state index in [1.54, 1.807) is 30.3 Å². The van der Waals surface area contributed by atoms with Crippen LogP contribution < -0.4 is 10.1 Å². The van der Waals surface area contributed by atoms with Crippen LogP contribution >= 0.6 is 0 Å². The Hall–Kier alpha value is -3.20. The molecular formula is C18H16N4O2. The smallest absolute Gasteiger partial charge is 0.294 e. The molecular weight excluding hydrogens is 304 g/mol. The minimum absolute atomic E-state index is 0.228. The quantitative estimate of drug-likeness (QED) is 0.821. The van der Waals surface area contributed by atoms with Gasteiger partial charge in [0, 0.05) is 16.7 Å². The van der Waals surface area contributed by atoms with Crippen molar-refractivity contribution in [2.45, 2.75) is 26.0 Å². The fourth-order valence-electron chi connectivity index (χ4n) is 2.69. The number of anilines is 1. The summed E-state index contributed by atoms with van der Waals surface area (Å²) in [5.41, 5.74) is 10.3. The molecule has 0 saturated carbocycles. The lowest BCUT2D eigenvalue weighted by atomic mass is 9.99. The van der Waals surface area contributed by atoms with Crippen molar-refractivity contribution in [3.8, 4) is 11.8 Å². The highest BCUT2D eigenvalue weighted by molar-refractivity contribution is 5.94. The van der Waals surface area contributed by atoms with Crippen molar-refractivity contribution in [1.29, 1.82) is 10.8 Å². The van der Waals surface area contributed by atoms with Gasteiger partial charge in [-0.25, -0.2) is 5.53 Å². The SMILES string of the molecule is CC(C)c1cc(C#N)cc2c1OC(c1ccc(C(=O)N=N)cc1)N2. The van der Waals surface area contributed by atoms with Crippen LogP contribution in [0.15, 0.2) is 41.5 Å². The molecule has 1 amide bonds. The molecule has 0 bridgehead atoms. The van der Waals surface area contributed by atoms with Crippen molar-refractivity contribution in [3.05, 3.63) is 58.7 Å². The predicted octanol–water partition coefficient (Wildman–Crippen LogP) is 4.36. The summed E-state index contributed by atoms with van der Waals surface area (Å²) in [5, 5.41) is 15.4. The van der Waals surface area contributed by atoms with Gasteiger partial charge in [-0.15, -0.1) is 5.11 Å². The summed E-state index contributed by atoms with van der Waals surface area (Å²) >= 11 is 0. The fourth-order valence-corrected chi connectivity index (χ4v) is 2.69. The summed E-state index contributed by atoms with van der Waals surface area (Å²) in [6.45, 7) is 4.11. The Bertz CT molecular complexity index is 851. The van der Waals surface area contributed by atoms with E-state index in [4.69, 9.17) is 10.3 Å². The molecule has 2 aromatic rings. The molecule has 120 valence electrons. The molecule has 6 nitrogen and oxygen atoms in total. The molecule has 1 unspecified atom stereocenters. The molecule has 1 aliphatic rings. The van der Waals surface area contributed by atoms with Crippen molar-refractivity contribution in [2.24, 2.45) is 5.11 Å². The second-order valence-electron chi connectivity index (χ2n) is 5.89. The molecule has 0 aromatic heterocycles. The van der Waals surface area contributed by atoms with Crippen LogP contribution in [0.5, 0.6) is 5.75 Å². The third kappa shape index (κ3) is 2.72. The van der Waals surface area contributed by atoms with Crippen LogP contribution in [0.25, 0.3) is 0 Å². The van der Waals surface area contributed by atoms with E-state index in [2.05, 4.69) is 30.3 Å². The number of rotatable bonds is 3. The molecule has 3 rings (SSSR count). The Morgan fingerprint density at radius 2 is 2.04 bits per heavy atom. The van der Waals surface area contributed by atoms with E-state index >= 15 is 0 Å². The number of carbonyl (C=O) groups is 1. The zero-order valence-corrected chi connectivity index (χ0v) is 13.3. The molecule has 1 atom stereocenters. The number of nitriles is 1. The third-order valence-corrected chi connectivity index (χ3v) is 3.95. The molecule has 2 aromatic carbocycles. The van der Waals surface area contributed by atoms with Gasteiger partial charge in [0.2, 0.25) is 0 Å². The number of carbonyl (C=O) groups excluding carboxylic acids is 1. The van der Waals surface area contributed by atoms with Gasteiger partial charge in [0.15, 0.2) is 6.23 Å². The van der Waals surface area contributed by atoms with Crippen molar-refractivity contribution < 1.29 is 9.53 Å². The van der Waals surface area contributed by atoms with E-state index in [-0.39, 0.29) is 12.1 Å². The molecule has 24 heavy (non-hydrogen) atoms. The first-order valence-corrected chi connectivity index (χ1v) is 7.56. The maximum Gasteiger partial charge on any atom is 0.294 e. The number of ether oxygens (including phenoxy) is 1. The summed E-state index contributed by atoms with van der Waals surface area (Å²) in [7, 11) is 0. The number of fused-ring (bicyclic) bond motifs is 1. The third-order valence-electron chi connectivity index (χ3n) is 3.95. The van der Waals surface area contributed by atoms with E-state index in [0.717, 1.165) is 22.6 Å². The van der Waals surface area contributed by atoms with E-state index in [1.165, 1.54) is 0 Å². The van der Waals surface area contributed by atoms with Gasteiger partial charge in [-0.05, 0) is 30.2 Å². The molecule has 0 radical (unpaired) electrons. The van der Waals surface area contributed by atoms with Crippen LogP contribution in [-0.4, -0.2) is 5.91 Å². The number of hydrogen-bond acceptors (Lipinski definition) is 5. The summed E-state index contributed by atoms with van der Waals surface area (Å²) in [5.74, 6) is 0.410. The van der Waals surface area contributed by atoms with Crippen molar-refractivity contribution >= 4 is 11.6 Å². The van der Waals surface area contributed by atoms with Crippen molar-refractivity contribution in [3.63, 3.8) is 0 Å². The molecule has 1 heterocycles. The monoisotopic (exact) mass is 320 g/mol. The van der Waals surface area contributed by atoms with Crippen LogP contribution in [0, 0.1) is 16.9 Å². The summed E-state index contributed by atoms with van der Waals surface area (Å²) < 4.78 is 6.05. The predicted molar refractivity (Wildman–Crippen MR) is 88.2 cm³/mol. The molecule has 0 spiro atoms. The van der Waals surface area contributed by atoms with Crippen molar-refractivity contribution in [2.75, 3.05) is 5.32 Å². The second kappa shape index (κ2) is 6.13. The van der Waals surface area contributed by atoms with E-state index < -0.39 is 5.91 Å². The average Bonchev–Trinajstić information content (AvgIpc) is 3.03. The Kier molecular flexibility index (Phi) is 4.00. The summed E-state index contributed by atoms with van der Waals surface area (Å²) in [4.78, 5) is 11.4. The highest BCUT2D eigenvalue weighted by Gasteiger charge is 2.27. The Balaban J connectivity index is 1.91. The van der Waals surface area contributed by atoms with Crippen LogP contribution in [-0.2, 0) is 0 Å². The average molecular weight is 320 g/mol.